The van der Waals surface area contributed by atoms with Crippen molar-refractivity contribution < 1.29 is 57.2 Å². The summed E-state index contributed by atoms with van der Waals surface area (Å²) >= 11 is 0. The Bertz CT molecular complexity index is 1760. The largest absolute Gasteiger partial charge is 0.470 e. The van der Waals surface area contributed by atoms with Crippen LogP contribution in [-0.4, -0.2) is 77.8 Å². The fraction of sp³-hybridized carbons (Fsp3) is 0.571. The molecule has 5 aliphatic rings. The van der Waals surface area contributed by atoms with Crippen LogP contribution in [0.5, 0.6) is 0 Å². The molecule has 1 unspecified atom stereocenters. The predicted molar refractivity (Wildman–Crippen MR) is 170 cm³/mol. The summed E-state index contributed by atoms with van der Waals surface area (Å²) in [5, 5.41) is 31.4. The predicted octanol–water partition coefficient (Wildman–Crippen LogP) is 3.66. The Kier molecular flexibility index (Phi) is 8.34. The Balaban J connectivity index is 1.25. The molecule has 2 aromatic rings. The quantitative estimate of drug-likeness (QED) is 0.202. The van der Waals surface area contributed by atoms with E-state index in [9.17, 15) is 34.5 Å². The fourth-order valence-corrected chi connectivity index (χ4v) is 10.2. The molecule has 266 valence electrons. The van der Waals surface area contributed by atoms with Crippen LogP contribution in [0, 0.1) is 22.7 Å². The first kappa shape index (κ1) is 34.9. The van der Waals surface area contributed by atoms with Crippen molar-refractivity contribution in [3.05, 3.63) is 82.7 Å². The van der Waals surface area contributed by atoms with Crippen molar-refractivity contribution in [1.29, 1.82) is 0 Å². The highest BCUT2D eigenvalue weighted by Gasteiger charge is 2.80. The summed E-state index contributed by atoms with van der Waals surface area (Å²) in [5.41, 5.74) is -3.90. The molecular weight excluding hydrogens is 663 g/mol. The summed E-state index contributed by atoms with van der Waals surface area (Å²) in [4.78, 5) is 33.2. The van der Waals surface area contributed by atoms with E-state index >= 15 is 8.78 Å². The number of aromatic nitrogens is 1. The first-order chi connectivity index (χ1) is 23.0. The number of carbonyl (C=O) groups excluding carboxylic acids is 1. The SMILES string of the molecule is Cn1cc([C@@H]2O[C@@H]3C[C@H]4[C@@H]5C[C@H](F)C6=CC(O)C=C[C@]6(C)[C@@]5(F)[C@@H](O)C[C@]4(C)[C@]3(C(=O)COP(=O)(O)O)O2)cc1Cc1ccc(CO)cc1. The van der Waals surface area contributed by atoms with Crippen LogP contribution in [0.3, 0.4) is 0 Å². The zero-order valence-corrected chi connectivity index (χ0v) is 28.3. The van der Waals surface area contributed by atoms with Gasteiger partial charge in [0.25, 0.3) is 0 Å². The van der Waals surface area contributed by atoms with E-state index in [1.165, 1.54) is 25.2 Å². The summed E-state index contributed by atoms with van der Waals surface area (Å²) in [6.07, 6.45) is -0.647. The number of ketones is 1. The van der Waals surface area contributed by atoms with Gasteiger partial charge in [-0.05, 0) is 60.9 Å². The maximum Gasteiger partial charge on any atom is 0.470 e. The molecule has 11 nitrogen and oxygen atoms in total. The van der Waals surface area contributed by atoms with Crippen molar-refractivity contribution in [1.82, 2.24) is 4.57 Å². The van der Waals surface area contributed by atoms with Crippen molar-refractivity contribution in [3.63, 3.8) is 0 Å². The van der Waals surface area contributed by atoms with Gasteiger partial charge >= 0.3 is 7.82 Å². The summed E-state index contributed by atoms with van der Waals surface area (Å²) < 4.78 is 65.1. The number of aryl methyl sites for hydroxylation is 1. The molecule has 1 aromatic heterocycles. The molecule has 49 heavy (non-hydrogen) atoms. The average Bonchev–Trinajstić information content (AvgIpc) is 3.68. The first-order valence-corrected chi connectivity index (χ1v) is 18.0. The molecule has 1 saturated heterocycles. The van der Waals surface area contributed by atoms with Crippen LogP contribution in [0.4, 0.5) is 8.78 Å². The van der Waals surface area contributed by atoms with Gasteiger partial charge in [0.1, 0.15) is 12.8 Å². The number of aliphatic hydroxyl groups is 3. The third kappa shape index (κ3) is 5.11. The Hall–Kier alpha value is -2.58. The number of alkyl halides is 2. The summed E-state index contributed by atoms with van der Waals surface area (Å²) in [5.74, 6) is -2.66. The number of nitrogens with zero attached hydrogens (tertiary/aromatic N) is 1. The number of rotatable bonds is 8. The minimum Gasteiger partial charge on any atom is -0.392 e. The highest BCUT2D eigenvalue weighted by Crippen LogP contribution is 2.72. The number of allylic oxidation sites excluding steroid dienone is 2. The minimum absolute atomic E-state index is 0.0583. The zero-order valence-electron chi connectivity index (χ0n) is 27.4. The zero-order chi connectivity index (χ0) is 35.3. The number of fused-ring (bicyclic) bond motifs is 7. The number of benzene rings is 1. The molecule has 0 bridgehead atoms. The Labute approximate surface area is 282 Å². The summed E-state index contributed by atoms with van der Waals surface area (Å²) in [6, 6.07) is 9.37. The van der Waals surface area contributed by atoms with E-state index in [4.69, 9.17) is 9.47 Å². The molecular formula is C35H42F2NO10P. The van der Waals surface area contributed by atoms with Gasteiger partial charge < -0.3 is 39.1 Å². The van der Waals surface area contributed by atoms with Gasteiger partial charge in [-0.1, -0.05) is 43.3 Å². The van der Waals surface area contributed by atoms with Crippen LogP contribution in [0.2, 0.25) is 0 Å². The number of hydrogen-bond donors (Lipinski definition) is 5. The smallest absolute Gasteiger partial charge is 0.392 e. The molecule has 0 radical (unpaired) electrons. The molecule has 1 aliphatic heterocycles. The second-order valence-corrected chi connectivity index (χ2v) is 16.0. The van der Waals surface area contributed by atoms with Gasteiger partial charge in [-0.3, -0.25) is 9.32 Å². The second-order valence-electron chi connectivity index (χ2n) is 14.8. The minimum atomic E-state index is -5.09. The van der Waals surface area contributed by atoms with Crippen LogP contribution in [0.25, 0.3) is 0 Å². The molecule has 11 atom stereocenters. The van der Waals surface area contributed by atoms with Crippen LogP contribution in [-0.2, 0) is 43.4 Å². The Morgan fingerprint density at radius 1 is 1.12 bits per heavy atom. The maximum atomic E-state index is 17.8. The van der Waals surface area contributed by atoms with E-state index in [0.29, 0.717) is 12.0 Å². The summed E-state index contributed by atoms with van der Waals surface area (Å²) in [7, 11) is -3.24. The number of hydrogen-bond acceptors (Lipinski definition) is 8. The molecule has 4 aliphatic carbocycles. The van der Waals surface area contributed by atoms with E-state index in [-0.39, 0.29) is 31.4 Å². The normalized spacial score (nSPS) is 41.1. The van der Waals surface area contributed by atoms with E-state index in [2.05, 4.69) is 4.52 Å². The summed E-state index contributed by atoms with van der Waals surface area (Å²) in [6.45, 7) is 2.10. The van der Waals surface area contributed by atoms with Crippen LogP contribution in [0.1, 0.15) is 61.8 Å². The standard InChI is InChI=1S/C35H42F2NO10P/c1-32-9-8-23(40)12-26(32)27(36)13-25-24-14-30-35(29(42)18-46-49(43,44)45,33(24,2)15-28(41)34(25,32)37)48-31(47-30)21-11-22(38(3)16-21)10-19-4-6-20(17-39)7-5-19/h4-9,11-12,16,23-25,27-28,30-31,39-41H,10,13-15,17-18H2,1-3H3,(H2,43,44,45)/t23?,24-,25-,27-,28-,30+,31+,32-,33-,34-,35+/m0/s1. The lowest BCUT2D eigenvalue weighted by Gasteiger charge is -2.63. The monoisotopic (exact) mass is 705 g/mol. The van der Waals surface area contributed by atoms with Gasteiger partial charge in [0.2, 0.25) is 0 Å². The van der Waals surface area contributed by atoms with Crippen molar-refractivity contribution in [3.8, 4) is 0 Å². The van der Waals surface area contributed by atoms with Gasteiger partial charge in [-0.15, -0.1) is 0 Å². The van der Waals surface area contributed by atoms with E-state index in [0.717, 1.165) is 16.8 Å². The molecule has 0 spiro atoms. The second kappa shape index (κ2) is 11.7. The van der Waals surface area contributed by atoms with Gasteiger partial charge in [-0.2, -0.15) is 0 Å². The molecule has 4 fully saturated rings. The van der Waals surface area contributed by atoms with Gasteiger partial charge in [0.05, 0.1) is 24.9 Å². The average molecular weight is 706 g/mol. The Morgan fingerprint density at radius 3 is 2.49 bits per heavy atom. The molecule has 1 aromatic carbocycles. The molecule has 5 N–H and O–H groups in total. The molecule has 0 amide bonds. The number of aliphatic hydroxyl groups excluding tert-OH is 3. The number of phosphoric acid groups is 1. The van der Waals surface area contributed by atoms with Gasteiger partial charge in [0.15, 0.2) is 23.3 Å². The van der Waals surface area contributed by atoms with Crippen molar-refractivity contribution in [2.24, 2.45) is 29.7 Å². The number of ether oxygens (including phenoxy) is 2. The fourth-order valence-electron chi connectivity index (χ4n) is 9.88. The first-order valence-electron chi connectivity index (χ1n) is 16.5. The van der Waals surface area contributed by atoms with Crippen molar-refractivity contribution >= 4 is 13.6 Å². The van der Waals surface area contributed by atoms with Crippen LogP contribution >= 0.6 is 7.82 Å². The highest BCUT2D eigenvalue weighted by molar-refractivity contribution is 7.46. The topological polar surface area (TPSA) is 168 Å². The van der Waals surface area contributed by atoms with Gasteiger partial charge in [0, 0.05) is 47.7 Å². The third-order valence-electron chi connectivity index (χ3n) is 12.2. The highest BCUT2D eigenvalue weighted by atomic mass is 31.2. The lowest BCUT2D eigenvalue weighted by atomic mass is 9.44. The molecule has 3 saturated carbocycles. The van der Waals surface area contributed by atoms with Crippen molar-refractivity contribution in [2.45, 2.75) is 88.2 Å². The number of halogens is 2. The number of carbonyl (C=O) groups is 1. The van der Waals surface area contributed by atoms with Crippen LogP contribution in [0.15, 0.2) is 60.3 Å². The van der Waals surface area contributed by atoms with Gasteiger partial charge in [-0.25, -0.2) is 13.3 Å². The lowest BCUT2D eigenvalue weighted by Crippen LogP contribution is -2.70. The molecule has 2 heterocycles. The lowest BCUT2D eigenvalue weighted by molar-refractivity contribution is -0.235. The van der Waals surface area contributed by atoms with E-state index < -0.39 is 84.9 Å². The molecule has 7 rings (SSSR count). The van der Waals surface area contributed by atoms with E-state index in [1.54, 1.807) is 13.1 Å². The number of phosphoric ester groups is 1. The van der Waals surface area contributed by atoms with Crippen molar-refractivity contribution in [2.75, 3.05) is 6.61 Å². The Morgan fingerprint density at radius 2 is 1.82 bits per heavy atom. The third-order valence-corrected chi connectivity index (χ3v) is 12.7. The van der Waals surface area contributed by atoms with E-state index in [1.807, 2.05) is 41.9 Å². The molecule has 14 heteroatoms. The maximum absolute atomic E-state index is 17.8. The van der Waals surface area contributed by atoms with Crippen LogP contribution < -0.4 is 0 Å². The number of Topliss-reactive ketones (excluding diaryl/α,β-unsaturated/α-hetero) is 1.